The molecule has 0 saturated carbocycles. The number of nitrogens with zero attached hydrogens (tertiary/aromatic N) is 1. The number of rotatable bonds is 7. The predicted octanol–water partition coefficient (Wildman–Crippen LogP) is 3.01. The molecule has 1 aromatic carbocycles. The van der Waals surface area contributed by atoms with Gasteiger partial charge in [0.1, 0.15) is 5.75 Å². The van der Waals surface area contributed by atoms with Crippen LogP contribution in [-0.2, 0) is 4.79 Å². The molecule has 0 aliphatic rings. The van der Waals surface area contributed by atoms with Crippen molar-refractivity contribution in [3.63, 3.8) is 0 Å². The van der Waals surface area contributed by atoms with Crippen LogP contribution in [0.25, 0.3) is 0 Å². The van der Waals surface area contributed by atoms with E-state index in [9.17, 15) is 9.59 Å². The summed E-state index contributed by atoms with van der Waals surface area (Å²) in [4.78, 5) is 24.3. The van der Waals surface area contributed by atoms with Crippen molar-refractivity contribution in [1.82, 2.24) is 4.90 Å². The summed E-state index contributed by atoms with van der Waals surface area (Å²) in [5.41, 5.74) is 0. The lowest BCUT2D eigenvalue weighted by Gasteiger charge is -2.18. The van der Waals surface area contributed by atoms with Gasteiger partial charge in [-0.15, -0.1) is 0 Å². The minimum Gasteiger partial charge on any atom is -0.481 e. The van der Waals surface area contributed by atoms with Crippen LogP contribution in [0.2, 0.25) is 0 Å². The number of carbonyl (C=O) groups excluding carboxylic acids is 1. The van der Waals surface area contributed by atoms with Gasteiger partial charge in [0.05, 0.1) is 6.42 Å². The van der Waals surface area contributed by atoms with Gasteiger partial charge in [-0.05, 0) is 25.1 Å². The molecule has 0 atom stereocenters. The topological polar surface area (TPSA) is 80.0 Å². The first kappa shape index (κ1) is 15.6. The van der Waals surface area contributed by atoms with Crippen LogP contribution in [0.3, 0.4) is 0 Å². The van der Waals surface area contributed by atoms with Crippen molar-refractivity contribution in [3.05, 3.63) is 48.2 Å². The average Bonchev–Trinajstić information content (AvgIpc) is 2.97. The molecule has 0 fully saturated rings. The molecule has 6 heteroatoms. The molecule has 2 rings (SSSR count). The van der Waals surface area contributed by atoms with Crippen LogP contribution in [0.5, 0.6) is 11.7 Å². The third-order valence-electron chi connectivity index (χ3n) is 3.02. The second-order valence-corrected chi connectivity index (χ2v) is 4.56. The first-order valence-electron chi connectivity index (χ1n) is 6.94. The molecule has 0 aliphatic heterocycles. The number of aliphatic carboxylic acids is 1. The highest BCUT2D eigenvalue weighted by molar-refractivity contribution is 5.91. The highest BCUT2D eigenvalue weighted by Gasteiger charge is 2.19. The monoisotopic (exact) mass is 303 g/mol. The molecular formula is C16H17NO5. The van der Waals surface area contributed by atoms with E-state index in [0.717, 1.165) is 0 Å². The minimum absolute atomic E-state index is 0.104. The van der Waals surface area contributed by atoms with Crippen LogP contribution >= 0.6 is 0 Å². The Morgan fingerprint density at radius 1 is 1.18 bits per heavy atom. The number of hydrogen-bond donors (Lipinski definition) is 1. The third-order valence-corrected chi connectivity index (χ3v) is 3.02. The summed E-state index contributed by atoms with van der Waals surface area (Å²) in [5.74, 6) is -0.360. The summed E-state index contributed by atoms with van der Waals surface area (Å²) in [6, 6.07) is 12.1. The van der Waals surface area contributed by atoms with Gasteiger partial charge in [-0.25, -0.2) is 0 Å². The molecular weight excluding hydrogens is 286 g/mol. The summed E-state index contributed by atoms with van der Waals surface area (Å²) in [5, 5.41) is 8.70. The maximum atomic E-state index is 12.2. The van der Waals surface area contributed by atoms with Crippen LogP contribution in [0, 0.1) is 0 Å². The maximum absolute atomic E-state index is 12.2. The summed E-state index contributed by atoms with van der Waals surface area (Å²) >= 11 is 0. The number of para-hydroxylation sites is 1. The Morgan fingerprint density at radius 3 is 2.55 bits per heavy atom. The van der Waals surface area contributed by atoms with Crippen molar-refractivity contribution in [3.8, 4) is 11.7 Å². The number of carboxylic acid groups (broad SMARTS) is 1. The second-order valence-electron chi connectivity index (χ2n) is 4.56. The fourth-order valence-electron chi connectivity index (χ4n) is 1.88. The zero-order chi connectivity index (χ0) is 15.9. The highest BCUT2D eigenvalue weighted by Crippen LogP contribution is 2.24. The Hall–Kier alpha value is -2.76. The molecule has 0 aliphatic carbocycles. The van der Waals surface area contributed by atoms with Gasteiger partial charge in [0.15, 0.2) is 5.76 Å². The summed E-state index contributed by atoms with van der Waals surface area (Å²) in [6.45, 7) is 2.33. The van der Waals surface area contributed by atoms with E-state index in [1.165, 1.54) is 11.0 Å². The van der Waals surface area contributed by atoms with Crippen molar-refractivity contribution in [2.45, 2.75) is 13.3 Å². The molecule has 2 aromatic rings. The summed E-state index contributed by atoms with van der Waals surface area (Å²) < 4.78 is 10.9. The van der Waals surface area contributed by atoms with Crippen molar-refractivity contribution >= 4 is 11.9 Å². The van der Waals surface area contributed by atoms with Gasteiger partial charge in [0.25, 0.3) is 11.9 Å². The molecule has 1 aromatic heterocycles. The molecule has 0 radical (unpaired) electrons. The Balaban J connectivity index is 2.03. The Labute approximate surface area is 127 Å². The van der Waals surface area contributed by atoms with Crippen LogP contribution in [0.15, 0.2) is 46.9 Å². The van der Waals surface area contributed by atoms with E-state index in [0.29, 0.717) is 12.3 Å². The van der Waals surface area contributed by atoms with E-state index >= 15 is 0 Å². The van der Waals surface area contributed by atoms with Gasteiger partial charge < -0.3 is 19.2 Å². The minimum atomic E-state index is -0.946. The highest BCUT2D eigenvalue weighted by atomic mass is 16.6. The summed E-state index contributed by atoms with van der Waals surface area (Å²) in [6.07, 6.45) is -0.104. The lowest BCUT2D eigenvalue weighted by atomic mass is 10.3. The Kier molecular flexibility index (Phi) is 5.19. The molecule has 0 unspecified atom stereocenters. The Bertz CT molecular complexity index is 635. The van der Waals surface area contributed by atoms with Crippen molar-refractivity contribution in [2.24, 2.45) is 0 Å². The second kappa shape index (κ2) is 7.31. The molecule has 22 heavy (non-hydrogen) atoms. The Morgan fingerprint density at radius 2 is 1.91 bits per heavy atom. The number of carboxylic acids is 1. The zero-order valence-electron chi connectivity index (χ0n) is 12.2. The lowest BCUT2D eigenvalue weighted by Crippen LogP contribution is -2.32. The molecule has 0 saturated heterocycles. The van der Waals surface area contributed by atoms with Gasteiger partial charge in [-0.3, -0.25) is 9.59 Å². The largest absolute Gasteiger partial charge is 0.481 e. The molecule has 1 N–H and O–H groups in total. The first-order valence-corrected chi connectivity index (χ1v) is 6.94. The smallest absolute Gasteiger partial charge is 0.305 e. The molecule has 0 bridgehead atoms. The van der Waals surface area contributed by atoms with E-state index in [2.05, 4.69) is 0 Å². The quantitative estimate of drug-likeness (QED) is 0.850. The van der Waals surface area contributed by atoms with Gasteiger partial charge in [-0.1, -0.05) is 18.2 Å². The van der Waals surface area contributed by atoms with Gasteiger partial charge >= 0.3 is 5.97 Å². The van der Waals surface area contributed by atoms with E-state index in [-0.39, 0.29) is 30.6 Å². The van der Waals surface area contributed by atoms with E-state index in [1.807, 2.05) is 18.2 Å². The van der Waals surface area contributed by atoms with Gasteiger partial charge in [0.2, 0.25) is 0 Å². The number of carbonyl (C=O) groups is 2. The molecule has 0 spiro atoms. The van der Waals surface area contributed by atoms with Crippen LogP contribution < -0.4 is 4.74 Å². The van der Waals surface area contributed by atoms with Crippen molar-refractivity contribution in [1.29, 1.82) is 0 Å². The van der Waals surface area contributed by atoms with Gasteiger partial charge in [-0.2, -0.15) is 0 Å². The standard InChI is InChI=1S/C16H17NO5/c1-2-17(11-10-14(18)19)16(20)13-8-9-15(22-13)21-12-6-4-3-5-7-12/h3-9H,2,10-11H2,1H3,(H,18,19). The maximum Gasteiger partial charge on any atom is 0.305 e. The predicted molar refractivity (Wildman–Crippen MR) is 79.1 cm³/mol. The third kappa shape index (κ3) is 4.12. The first-order chi connectivity index (χ1) is 10.6. The molecule has 116 valence electrons. The normalized spacial score (nSPS) is 10.2. The van der Waals surface area contributed by atoms with Crippen molar-refractivity contribution in [2.75, 3.05) is 13.1 Å². The fourth-order valence-corrected chi connectivity index (χ4v) is 1.88. The number of amides is 1. The van der Waals surface area contributed by atoms with Crippen LogP contribution in [0.1, 0.15) is 23.9 Å². The SMILES string of the molecule is CCN(CCC(=O)O)C(=O)c1ccc(Oc2ccccc2)o1. The van der Waals surface area contributed by atoms with E-state index in [1.54, 1.807) is 25.1 Å². The lowest BCUT2D eigenvalue weighted by molar-refractivity contribution is -0.137. The van der Waals surface area contributed by atoms with Crippen LogP contribution in [-0.4, -0.2) is 35.0 Å². The molecule has 6 nitrogen and oxygen atoms in total. The van der Waals surface area contributed by atoms with E-state index in [4.69, 9.17) is 14.3 Å². The van der Waals surface area contributed by atoms with Gasteiger partial charge in [0, 0.05) is 19.2 Å². The average molecular weight is 303 g/mol. The zero-order valence-corrected chi connectivity index (χ0v) is 12.2. The number of hydrogen-bond acceptors (Lipinski definition) is 4. The molecule has 1 amide bonds. The number of furan rings is 1. The fraction of sp³-hybridized carbons (Fsp3) is 0.250. The molecule has 1 heterocycles. The van der Waals surface area contributed by atoms with Crippen molar-refractivity contribution < 1.29 is 23.8 Å². The number of benzene rings is 1. The van der Waals surface area contributed by atoms with E-state index < -0.39 is 5.97 Å². The van der Waals surface area contributed by atoms with Crippen LogP contribution in [0.4, 0.5) is 0 Å². The number of ether oxygens (including phenoxy) is 1. The summed E-state index contributed by atoms with van der Waals surface area (Å²) in [7, 11) is 0.